The smallest absolute Gasteiger partial charge is 0.274 e. The van der Waals surface area contributed by atoms with Crippen molar-refractivity contribution in [2.24, 2.45) is 0 Å². The highest BCUT2D eigenvalue weighted by Gasteiger charge is 2.25. The van der Waals surface area contributed by atoms with Gasteiger partial charge < -0.3 is 14.2 Å². The number of piperidine rings is 1. The highest BCUT2D eigenvalue weighted by atomic mass is 16.5. The van der Waals surface area contributed by atoms with Crippen LogP contribution in [0.2, 0.25) is 0 Å². The van der Waals surface area contributed by atoms with Gasteiger partial charge in [-0.3, -0.25) is 19.7 Å². The summed E-state index contributed by atoms with van der Waals surface area (Å²) in [4.78, 5) is 33.9. The molecule has 9 nitrogen and oxygen atoms in total. The lowest BCUT2D eigenvalue weighted by molar-refractivity contribution is 0.0342. The highest BCUT2D eigenvalue weighted by Crippen LogP contribution is 2.30. The van der Waals surface area contributed by atoms with Crippen LogP contribution in [0.5, 0.6) is 0 Å². The molecule has 4 aromatic rings. The van der Waals surface area contributed by atoms with Crippen molar-refractivity contribution in [1.82, 2.24) is 24.8 Å². The zero-order valence-corrected chi connectivity index (χ0v) is 23.0. The lowest BCUT2D eigenvalue weighted by atomic mass is 9.90. The SMILES string of the molecule is O=C(NO)c1ccc(Cn2ccc3cc(C4CCN(C(=O)c5ccc(CN6CCOCC6)cc5)CC4)cnc32)cc1. The monoisotopic (exact) mass is 553 g/mol. The van der Waals surface area contributed by atoms with Crippen molar-refractivity contribution >= 4 is 22.8 Å². The Morgan fingerprint density at radius 2 is 1.54 bits per heavy atom. The molecule has 4 heterocycles. The fourth-order valence-corrected chi connectivity index (χ4v) is 5.84. The Balaban J connectivity index is 1.04. The molecule has 0 radical (unpaired) electrons. The zero-order chi connectivity index (χ0) is 28.2. The first-order valence-electron chi connectivity index (χ1n) is 14.2. The number of carbonyl (C=O) groups excluding carboxylic acids is 2. The van der Waals surface area contributed by atoms with Gasteiger partial charge in [-0.05, 0) is 71.8 Å². The number of ether oxygens (including phenoxy) is 1. The van der Waals surface area contributed by atoms with Crippen molar-refractivity contribution < 1.29 is 19.5 Å². The number of fused-ring (bicyclic) bond motifs is 1. The predicted octanol–water partition coefficient (Wildman–Crippen LogP) is 4.06. The number of hydroxylamine groups is 1. The van der Waals surface area contributed by atoms with Crippen molar-refractivity contribution in [2.75, 3.05) is 39.4 Å². The van der Waals surface area contributed by atoms with Crippen molar-refractivity contribution in [3.05, 3.63) is 101 Å². The third kappa shape index (κ3) is 6.17. The van der Waals surface area contributed by atoms with Gasteiger partial charge in [-0.2, -0.15) is 0 Å². The van der Waals surface area contributed by atoms with Crippen molar-refractivity contribution in [3.8, 4) is 0 Å². The number of morpholine rings is 1. The van der Waals surface area contributed by atoms with Gasteiger partial charge in [0.2, 0.25) is 0 Å². The van der Waals surface area contributed by atoms with Crippen LogP contribution in [-0.4, -0.2) is 75.8 Å². The molecular formula is C32H35N5O4. The summed E-state index contributed by atoms with van der Waals surface area (Å²) in [5.74, 6) is -0.0430. The number of nitrogens with zero attached hydrogens (tertiary/aromatic N) is 4. The first kappa shape index (κ1) is 27.1. The number of aromatic nitrogens is 2. The Morgan fingerprint density at radius 3 is 2.22 bits per heavy atom. The molecule has 212 valence electrons. The van der Waals surface area contributed by atoms with Gasteiger partial charge in [0.05, 0.1) is 13.2 Å². The van der Waals surface area contributed by atoms with E-state index in [0.29, 0.717) is 18.0 Å². The van der Waals surface area contributed by atoms with Crippen LogP contribution in [0.25, 0.3) is 11.0 Å². The molecule has 0 aliphatic carbocycles. The molecule has 2 saturated heterocycles. The van der Waals surface area contributed by atoms with Gasteiger partial charge in [0.15, 0.2) is 0 Å². The quantitative estimate of drug-likeness (QED) is 0.265. The Bertz CT molecular complexity index is 1500. The van der Waals surface area contributed by atoms with Gasteiger partial charge in [0, 0.05) is 68.2 Å². The molecule has 2 N–H and O–H groups in total. The van der Waals surface area contributed by atoms with Gasteiger partial charge in [0.1, 0.15) is 5.65 Å². The largest absolute Gasteiger partial charge is 0.379 e. The number of nitrogens with one attached hydrogen (secondary N) is 1. The van der Waals surface area contributed by atoms with Crippen molar-refractivity contribution in [3.63, 3.8) is 0 Å². The number of hydrogen-bond acceptors (Lipinski definition) is 6. The Labute approximate surface area is 239 Å². The summed E-state index contributed by atoms with van der Waals surface area (Å²) in [6.07, 6.45) is 5.84. The molecule has 9 heteroatoms. The second kappa shape index (κ2) is 12.2. The lowest BCUT2D eigenvalue weighted by Crippen LogP contribution is -2.38. The Kier molecular flexibility index (Phi) is 8.09. The Morgan fingerprint density at radius 1 is 0.878 bits per heavy atom. The fourth-order valence-electron chi connectivity index (χ4n) is 5.84. The molecular weight excluding hydrogens is 518 g/mol. The fraction of sp³-hybridized carbons (Fsp3) is 0.344. The molecule has 2 aromatic heterocycles. The number of carbonyl (C=O) groups is 2. The van der Waals surface area contributed by atoms with E-state index in [-0.39, 0.29) is 5.91 Å². The molecule has 0 unspecified atom stereocenters. The number of rotatable bonds is 7. The average Bonchev–Trinajstić information content (AvgIpc) is 3.43. The summed E-state index contributed by atoms with van der Waals surface area (Å²) in [6, 6.07) is 19.5. The highest BCUT2D eigenvalue weighted by molar-refractivity contribution is 5.94. The van der Waals surface area contributed by atoms with Crippen molar-refractivity contribution in [2.45, 2.75) is 31.8 Å². The van der Waals surface area contributed by atoms with Gasteiger partial charge in [-0.1, -0.05) is 24.3 Å². The number of likely N-dealkylation sites (tertiary alicyclic amines) is 1. The summed E-state index contributed by atoms with van der Waals surface area (Å²) in [5, 5.41) is 9.89. The molecule has 0 bridgehead atoms. The maximum absolute atomic E-state index is 13.2. The molecule has 6 rings (SSSR count). The third-order valence-electron chi connectivity index (χ3n) is 8.26. The summed E-state index contributed by atoms with van der Waals surface area (Å²) >= 11 is 0. The first-order chi connectivity index (χ1) is 20.1. The van der Waals surface area contributed by atoms with Crippen LogP contribution in [-0.2, 0) is 17.8 Å². The second-order valence-corrected chi connectivity index (χ2v) is 10.9. The summed E-state index contributed by atoms with van der Waals surface area (Å²) < 4.78 is 7.52. The van der Waals surface area contributed by atoms with E-state index in [1.165, 1.54) is 11.1 Å². The first-order valence-corrected chi connectivity index (χ1v) is 14.2. The number of benzene rings is 2. The van der Waals surface area contributed by atoms with Gasteiger partial charge in [-0.25, -0.2) is 10.5 Å². The van der Waals surface area contributed by atoms with E-state index >= 15 is 0 Å². The van der Waals surface area contributed by atoms with Crippen molar-refractivity contribution in [1.29, 1.82) is 0 Å². The zero-order valence-electron chi connectivity index (χ0n) is 23.0. The minimum Gasteiger partial charge on any atom is -0.379 e. The molecule has 2 aliphatic rings. The number of hydrogen-bond donors (Lipinski definition) is 2. The molecule has 2 fully saturated rings. The molecule has 2 aliphatic heterocycles. The number of amides is 2. The predicted molar refractivity (Wildman–Crippen MR) is 155 cm³/mol. The molecule has 0 spiro atoms. The number of pyridine rings is 1. The van der Waals surface area contributed by atoms with Gasteiger partial charge in [0.25, 0.3) is 11.8 Å². The summed E-state index contributed by atoms with van der Waals surface area (Å²) in [6.45, 7) is 6.48. The van der Waals surface area contributed by atoms with E-state index in [4.69, 9.17) is 14.9 Å². The third-order valence-corrected chi connectivity index (χ3v) is 8.26. The minimum absolute atomic E-state index is 0.108. The molecule has 0 atom stereocenters. The van der Waals surface area contributed by atoms with Crippen LogP contribution in [0.4, 0.5) is 0 Å². The normalized spacial score (nSPS) is 16.7. The van der Waals surface area contributed by atoms with Crippen LogP contribution in [0.3, 0.4) is 0 Å². The molecule has 2 aromatic carbocycles. The minimum atomic E-state index is -0.527. The van der Waals surface area contributed by atoms with E-state index in [1.807, 2.05) is 41.6 Å². The van der Waals surface area contributed by atoms with Crippen LogP contribution < -0.4 is 5.48 Å². The molecule has 0 saturated carbocycles. The van der Waals surface area contributed by atoms with Crippen LogP contribution in [0, 0.1) is 0 Å². The van der Waals surface area contributed by atoms with Gasteiger partial charge >= 0.3 is 0 Å². The van der Waals surface area contributed by atoms with Crippen LogP contribution in [0.1, 0.15) is 56.2 Å². The van der Waals surface area contributed by atoms with Crippen LogP contribution >= 0.6 is 0 Å². The Hall–Kier alpha value is -4.05. The van der Waals surface area contributed by atoms with Crippen LogP contribution in [0.15, 0.2) is 73.1 Å². The van der Waals surface area contributed by atoms with E-state index in [0.717, 1.165) is 80.9 Å². The average molecular weight is 554 g/mol. The molecule has 2 amide bonds. The summed E-state index contributed by atoms with van der Waals surface area (Å²) in [7, 11) is 0. The van der Waals surface area contributed by atoms with E-state index in [2.05, 4.69) is 33.7 Å². The lowest BCUT2D eigenvalue weighted by Gasteiger charge is -2.32. The molecule has 41 heavy (non-hydrogen) atoms. The van der Waals surface area contributed by atoms with E-state index < -0.39 is 5.91 Å². The van der Waals surface area contributed by atoms with Gasteiger partial charge in [-0.15, -0.1) is 0 Å². The maximum Gasteiger partial charge on any atom is 0.274 e. The maximum atomic E-state index is 13.2. The summed E-state index contributed by atoms with van der Waals surface area (Å²) in [5.41, 5.74) is 7.20. The van der Waals surface area contributed by atoms with E-state index in [9.17, 15) is 9.59 Å². The standard InChI is InChI=1S/C32H35N5O4/c38-31(34-40)26-5-1-24(2-6-26)22-37-14-11-28-19-29(20-33-30(28)37)25-9-12-36(13-10-25)32(39)27-7-3-23(4-8-27)21-35-15-17-41-18-16-35/h1-8,11,14,19-20,25,40H,9-10,12-13,15-18,21-22H2,(H,34,38). The second-order valence-electron chi connectivity index (χ2n) is 10.9. The topological polar surface area (TPSA) is 99.9 Å². The van der Waals surface area contributed by atoms with E-state index in [1.54, 1.807) is 17.6 Å².